The average molecular weight is 345 g/mol. The molecule has 0 spiro atoms. The third kappa shape index (κ3) is 4.12. The van der Waals surface area contributed by atoms with Crippen LogP contribution in [0.25, 0.3) is 0 Å². The van der Waals surface area contributed by atoms with Crippen molar-refractivity contribution in [2.75, 3.05) is 13.7 Å². The highest BCUT2D eigenvalue weighted by molar-refractivity contribution is 5.93. The van der Waals surface area contributed by atoms with Gasteiger partial charge in [-0.15, -0.1) is 0 Å². The normalized spacial score (nSPS) is 13.3. The molecule has 1 fully saturated rings. The van der Waals surface area contributed by atoms with Crippen molar-refractivity contribution in [1.29, 1.82) is 0 Å². The first-order chi connectivity index (χ1) is 12.1. The molecule has 0 bridgehead atoms. The molecule has 25 heavy (non-hydrogen) atoms. The second-order valence-electron chi connectivity index (χ2n) is 5.76. The molecule has 1 saturated carbocycles. The Bertz CT molecular complexity index is 764. The molecule has 7 nitrogen and oxygen atoms in total. The van der Waals surface area contributed by atoms with Crippen molar-refractivity contribution in [2.45, 2.75) is 25.5 Å². The van der Waals surface area contributed by atoms with E-state index in [1.807, 2.05) is 12.1 Å². The van der Waals surface area contributed by atoms with Crippen molar-refractivity contribution in [1.82, 2.24) is 4.90 Å². The van der Waals surface area contributed by atoms with Crippen molar-refractivity contribution in [3.63, 3.8) is 0 Å². The van der Waals surface area contributed by atoms with Crippen LogP contribution in [0.1, 0.15) is 29.2 Å². The maximum Gasteiger partial charge on any atom is 0.323 e. The number of methoxy groups -OCH3 is 1. The minimum atomic E-state index is -1.04. The van der Waals surface area contributed by atoms with Gasteiger partial charge in [-0.3, -0.25) is 9.59 Å². The number of hydrogen-bond donors (Lipinski definition) is 1. The summed E-state index contributed by atoms with van der Waals surface area (Å²) < 4.78 is 16.4. The molecule has 2 aromatic rings. The number of hydrogen-bond acceptors (Lipinski definition) is 5. The Labute approximate surface area is 144 Å². The molecule has 1 heterocycles. The van der Waals surface area contributed by atoms with Gasteiger partial charge in [0.05, 0.1) is 7.11 Å². The first-order valence-corrected chi connectivity index (χ1v) is 7.95. The Kier molecular flexibility index (Phi) is 4.92. The van der Waals surface area contributed by atoms with Gasteiger partial charge in [-0.05, 0) is 37.1 Å². The zero-order valence-corrected chi connectivity index (χ0v) is 13.8. The molecule has 0 unspecified atom stereocenters. The number of aliphatic carboxylic acids is 1. The summed E-state index contributed by atoms with van der Waals surface area (Å²) in [5.41, 5.74) is 0. The van der Waals surface area contributed by atoms with Crippen molar-refractivity contribution < 1.29 is 28.6 Å². The van der Waals surface area contributed by atoms with Crippen molar-refractivity contribution in [3.05, 3.63) is 47.9 Å². The van der Waals surface area contributed by atoms with Gasteiger partial charge in [0.25, 0.3) is 5.91 Å². The predicted octanol–water partition coefficient (Wildman–Crippen LogP) is 2.56. The van der Waals surface area contributed by atoms with Gasteiger partial charge in [0, 0.05) is 6.04 Å². The van der Waals surface area contributed by atoms with E-state index in [-0.39, 0.29) is 25.0 Å². The summed E-state index contributed by atoms with van der Waals surface area (Å²) in [7, 11) is 1.56. The summed E-state index contributed by atoms with van der Waals surface area (Å²) in [6.45, 7) is -0.187. The average Bonchev–Trinajstić information content (AvgIpc) is 3.34. The molecule has 132 valence electrons. The van der Waals surface area contributed by atoms with Gasteiger partial charge < -0.3 is 23.9 Å². The molecule has 0 saturated heterocycles. The molecule has 0 aliphatic heterocycles. The lowest BCUT2D eigenvalue weighted by Crippen LogP contribution is -2.37. The molecule has 1 amide bonds. The van der Waals surface area contributed by atoms with Gasteiger partial charge in [0.15, 0.2) is 17.3 Å². The number of ether oxygens (including phenoxy) is 2. The van der Waals surface area contributed by atoms with Crippen molar-refractivity contribution >= 4 is 11.9 Å². The van der Waals surface area contributed by atoms with E-state index in [4.69, 9.17) is 19.0 Å². The molecule has 1 aromatic carbocycles. The van der Waals surface area contributed by atoms with E-state index in [1.54, 1.807) is 31.4 Å². The third-order valence-corrected chi connectivity index (χ3v) is 3.87. The minimum Gasteiger partial charge on any atom is -0.493 e. The fraction of sp³-hybridized carbons (Fsp3) is 0.333. The molecule has 0 radical (unpaired) electrons. The summed E-state index contributed by atoms with van der Waals surface area (Å²) >= 11 is 0. The highest BCUT2D eigenvalue weighted by atomic mass is 16.5. The molecule has 1 N–H and O–H groups in total. The van der Waals surface area contributed by atoms with Gasteiger partial charge in [0.2, 0.25) is 0 Å². The molecule has 3 rings (SSSR count). The zero-order valence-electron chi connectivity index (χ0n) is 13.8. The molecule has 1 aliphatic rings. The van der Waals surface area contributed by atoms with Crippen LogP contribution in [0.3, 0.4) is 0 Å². The molecular formula is C18H19NO6. The van der Waals surface area contributed by atoms with Crippen LogP contribution in [0.2, 0.25) is 0 Å². The van der Waals surface area contributed by atoms with Crippen LogP contribution in [-0.4, -0.2) is 41.6 Å². The number of para-hydroxylation sites is 2. The van der Waals surface area contributed by atoms with Crippen LogP contribution in [0, 0.1) is 0 Å². The topological polar surface area (TPSA) is 89.2 Å². The zero-order chi connectivity index (χ0) is 17.8. The number of furan rings is 1. The van der Waals surface area contributed by atoms with Gasteiger partial charge in [-0.2, -0.15) is 0 Å². The molecular weight excluding hydrogens is 326 g/mol. The first kappa shape index (κ1) is 16.9. The van der Waals surface area contributed by atoms with Crippen molar-refractivity contribution in [3.8, 4) is 11.5 Å². The molecule has 1 aromatic heterocycles. The number of benzene rings is 1. The number of nitrogens with zero attached hydrogens (tertiary/aromatic N) is 1. The smallest absolute Gasteiger partial charge is 0.323 e. The van der Waals surface area contributed by atoms with Gasteiger partial charge >= 0.3 is 5.97 Å². The lowest BCUT2D eigenvalue weighted by molar-refractivity contribution is -0.137. The summed E-state index contributed by atoms with van der Waals surface area (Å²) in [5.74, 6) is 0.318. The van der Waals surface area contributed by atoms with Crippen LogP contribution in [0.4, 0.5) is 0 Å². The van der Waals surface area contributed by atoms with Crippen LogP contribution >= 0.6 is 0 Å². The lowest BCUT2D eigenvalue weighted by Gasteiger charge is -2.18. The van der Waals surface area contributed by atoms with Gasteiger partial charge in [0.1, 0.15) is 18.9 Å². The number of carboxylic acids is 1. The number of rotatable bonds is 8. The second-order valence-corrected chi connectivity index (χ2v) is 5.76. The van der Waals surface area contributed by atoms with E-state index in [1.165, 1.54) is 4.90 Å². The number of carbonyl (C=O) groups is 2. The summed E-state index contributed by atoms with van der Waals surface area (Å²) in [6.07, 6.45) is 1.65. The van der Waals surface area contributed by atoms with Crippen LogP contribution in [-0.2, 0) is 11.4 Å². The molecule has 0 atom stereocenters. The fourth-order valence-electron chi connectivity index (χ4n) is 2.50. The summed E-state index contributed by atoms with van der Waals surface area (Å²) in [5, 5.41) is 8.96. The largest absolute Gasteiger partial charge is 0.493 e. The van der Waals surface area contributed by atoms with E-state index >= 15 is 0 Å². The van der Waals surface area contributed by atoms with Gasteiger partial charge in [-0.1, -0.05) is 12.1 Å². The van der Waals surface area contributed by atoms with E-state index in [0.717, 1.165) is 12.8 Å². The van der Waals surface area contributed by atoms with Crippen LogP contribution in [0.15, 0.2) is 40.8 Å². The Morgan fingerprint density at radius 1 is 1.20 bits per heavy atom. The highest BCUT2D eigenvalue weighted by Gasteiger charge is 2.35. The Hall–Kier alpha value is -2.96. The summed E-state index contributed by atoms with van der Waals surface area (Å²) in [4.78, 5) is 24.7. The molecule has 1 aliphatic carbocycles. The number of amides is 1. The Morgan fingerprint density at radius 2 is 1.92 bits per heavy atom. The fourth-order valence-corrected chi connectivity index (χ4v) is 2.50. The van der Waals surface area contributed by atoms with E-state index in [2.05, 4.69) is 0 Å². The standard InChI is InChI=1S/C18H19NO6/c1-23-14-4-2-3-5-15(14)24-11-13-8-9-16(25-13)18(22)19(10-17(20)21)12-6-7-12/h2-5,8-9,12H,6-7,10-11H2,1H3,(H,20,21). The third-order valence-electron chi connectivity index (χ3n) is 3.87. The number of carboxylic acid groups (broad SMARTS) is 1. The Balaban J connectivity index is 1.65. The van der Waals surface area contributed by atoms with Crippen LogP contribution < -0.4 is 9.47 Å². The van der Waals surface area contributed by atoms with E-state index < -0.39 is 11.9 Å². The van der Waals surface area contributed by atoms with E-state index in [0.29, 0.717) is 17.3 Å². The lowest BCUT2D eigenvalue weighted by atomic mass is 10.3. The van der Waals surface area contributed by atoms with Crippen LogP contribution in [0.5, 0.6) is 11.5 Å². The summed E-state index contributed by atoms with van der Waals surface area (Å²) in [6, 6.07) is 10.4. The predicted molar refractivity (Wildman–Crippen MR) is 87.7 cm³/mol. The van der Waals surface area contributed by atoms with E-state index in [9.17, 15) is 9.59 Å². The number of carbonyl (C=O) groups excluding carboxylic acids is 1. The second kappa shape index (κ2) is 7.29. The first-order valence-electron chi connectivity index (χ1n) is 7.95. The van der Waals surface area contributed by atoms with Crippen molar-refractivity contribution in [2.24, 2.45) is 0 Å². The Morgan fingerprint density at radius 3 is 2.56 bits per heavy atom. The monoisotopic (exact) mass is 345 g/mol. The quantitative estimate of drug-likeness (QED) is 0.791. The SMILES string of the molecule is COc1ccccc1OCc1ccc(C(=O)N(CC(=O)O)C2CC2)o1. The maximum absolute atomic E-state index is 12.5. The highest BCUT2D eigenvalue weighted by Crippen LogP contribution is 2.29. The maximum atomic E-state index is 12.5. The van der Waals surface area contributed by atoms with Gasteiger partial charge in [-0.25, -0.2) is 0 Å². The minimum absolute atomic E-state index is 0.0121. The molecule has 7 heteroatoms.